The largest absolute Gasteiger partial charge is 0.494 e. The fourth-order valence-corrected chi connectivity index (χ4v) is 2.25. The Morgan fingerprint density at radius 2 is 1.80 bits per heavy atom. The molecular formula is C17H14O3. The molecule has 2 aromatic carbocycles. The van der Waals surface area contributed by atoms with E-state index in [9.17, 15) is 4.79 Å². The number of hydrogen-bond donors (Lipinski definition) is 0. The summed E-state index contributed by atoms with van der Waals surface area (Å²) in [5.74, 6) is 0.823. The second-order valence-electron chi connectivity index (χ2n) is 4.43. The van der Waals surface area contributed by atoms with Crippen LogP contribution in [0.1, 0.15) is 6.92 Å². The van der Waals surface area contributed by atoms with Crippen LogP contribution in [0.25, 0.3) is 22.1 Å². The van der Waals surface area contributed by atoms with Gasteiger partial charge in [0.05, 0.1) is 6.61 Å². The molecule has 1 aromatic heterocycles. The maximum absolute atomic E-state index is 11.7. The van der Waals surface area contributed by atoms with Gasteiger partial charge in [0.25, 0.3) is 0 Å². The number of hydrogen-bond acceptors (Lipinski definition) is 3. The van der Waals surface area contributed by atoms with Gasteiger partial charge in [-0.05, 0) is 36.2 Å². The van der Waals surface area contributed by atoms with Crippen molar-refractivity contribution < 1.29 is 9.15 Å². The van der Waals surface area contributed by atoms with Crippen molar-refractivity contribution in [3.05, 3.63) is 65.0 Å². The highest BCUT2D eigenvalue weighted by Crippen LogP contribution is 2.28. The van der Waals surface area contributed by atoms with E-state index in [1.165, 1.54) is 6.07 Å². The summed E-state index contributed by atoms with van der Waals surface area (Å²) in [6, 6.07) is 16.8. The monoisotopic (exact) mass is 266 g/mol. The number of para-hydroxylation sites is 1. The lowest BCUT2D eigenvalue weighted by molar-refractivity contribution is 0.340. The Morgan fingerprint density at radius 1 is 1.05 bits per heavy atom. The molecule has 0 aliphatic carbocycles. The summed E-state index contributed by atoms with van der Waals surface area (Å²) in [6.07, 6.45) is 0. The number of benzene rings is 2. The maximum atomic E-state index is 11.7. The highest BCUT2D eigenvalue weighted by molar-refractivity contribution is 5.93. The van der Waals surface area contributed by atoms with Gasteiger partial charge >= 0.3 is 5.63 Å². The van der Waals surface area contributed by atoms with E-state index in [0.29, 0.717) is 12.2 Å². The Bertz CT molecular complexity index is 785. The predicted molar refractivity (Wildman–Crippen MR) is 79.1 cm³/mol. The van der Waals surface area contributed by atoms with Crippen molar-refractivity contribution in [1.82, 2.24) is 0 Å². The standard InChI is InChI=1S/C17H14O3/c1-2-19-13-9-7-12(8-10-13)15-11-17(18)20-16-6-4-3-5-14(15)16/h3-11H,2H2,1H3. The Morgan fingerprint density at radius 3 is 2.55 bits per heavy atom. The van der Waals surface area contributed by atoms with Gasteiger partial charge in [-0.25, -0.2) is 4.79 Å². The lowest BCUT2D eigenvalue weighted by Crippen LogP contribution is -1.98. The second-order valence-corrected chi connectivity index (χ2v) is 4.43. The van der Waals surface area contributed by atoms with Crippen LogP contribution in [0.15, 0.2) is 63.8 Å². The fraction of sp³-hybridized carbons (Fsp3) is 0.118. The summed E-state index contributed by atoms with van der Waals surface area (Å²) in [5.41, 5.74) is 2.11. The Kier molecular flexibility index (Phi) is 3.25. The van der Waals surface area contributed by atoms with Gasteiger partial charge in [0.15, 0.2) is 0 Å². The Balaban J connectivity index is 2.16. The van der Waals surface area contributed by atoms with Gasteiger partial charge in [-0.1, -0.05) is 30.3 Å². The first-order chi connectivity index (χ1) is 9.78. The molecule has 3 aromatic rings. The summed E-state index contributed by atoms with van der Waals surface area (Å²) in [7, 11) is 0. The topological polar surface area (TPSA) is 39.4 Å². The Hall–Kier alpha value is -2.55. The lowest BCUT2D eigenvalue weighted by Gasteiger charge is -2.07. The van der Waals surface area contributed by atoms with E-state index in [0.717, 1.165) is 22.3 Å². The van der Waals surface area contributed by atoms with Crippen molar-refractivity contribution in [2.45, 2.75) is 6.92 Å². The molecule has 0 saturated heterocycles. The molecule has 1 heterocycles. The van der Waals surface area contributed by atoms with Gasteiger partial charge in [0.1, 0.15) is 11.3 Å². The highest BCUT2D eigenvalue weighted by Gasteiger charge is 2.07. The number of rotatable bonds is 3. The van der Waals surface area contributed by atoms with Gasteiger partial charge in [-0.2, -0.15) is 0 Å². The molecule has 0 unspecified atom stereocenters. The fourth-order valence-electron chi connectivity index (χ4n) is 2.25. The van der Waals surface area contributed by atoms with Gasteiger partial charge in [-0.15, -0.1) is 0 Å². The molecule has 0 aliphatic heterocycles. The van der Waals surface area contributed by atoms with Crippen LogP contribution in [0.3, 0.4) is 0 Å². The van der Waals surface area contributed by atoms with Crippen molar-refractivity contribution in [3.63, 3.8) is 0 Å². The second kappa shape index (κ2) is 5.21. The average Bonchev–Trinajstić information content (AvgIpc) is 2.47. The van der Waals surface area contributed by atoms with Crippen LogP contribution in [0.4, 0.5) is 0 Å². The van der Waals surface area contributed by atoms with Crippen molar-refractivity contribution in [2.24, 2.45) is 0 Å². The van der Waals surface area contributed by atoms with Crippen LogP contribution in [-0.4, -0.2) is 6.61 Å². The van der Waals surface area contributed by atoms with Gasteiger partial charge in [0.2, 0.25) is 0 Å². The summed E-state index contributed by atoms with van der Waals surface area (Å²) in [4.78, 5) is 11.7. The molecule has 3 rings (SSSR count). The summed E-state index contributed by atoms with van der Waals surface area (Å²) in [5, 5.41) is 0.927. The predicted octanol–water partition coefficient (Wildman–Crippen LogP) is 3.86. The molecule has 0 saturated carbocycles. The van der Waals surface area contributed by atoms with Crippen LogP contribution in [0, 0.1) is 0 Å². The van der Waals surface area contributed by atoms with Gasteiger partial charge in [-0.3, -0.25) is 0 Å². The van der Waals surface area contributed by atoms with E-state index in [-0.39, 0.29) is 5.63 Å². The quantitative estimate of drug-likeness (QED) is 0.676. The first-order valence-electron chi connectivity index (χ1n) is 6.54. The molecule has 0 amide bonds. The van der Waals surface area contributed by atoms with Crippen LogP contribution < -0.4 is 10.4 Å². The minimum Gasteiger partial charge on any atom is -0.494 e. The van der Waals surface area contributed by atoms with E-state index in [4.69, 9.17) is 9.15 Å². The first-order valence-corrected chi connectivity index (χ1v) is 6.54. The molecular weight excluding hydrogens is 252 g/mol. The van der Waals surface area contributed by atoms with Crippen molar-refractivity contribution >= 4 is 11.0 Å². The van der Waals surface area contributed by atoms with Crippen LogP contribution in [0.5, 0.6) is 5.75 Å². The molecule has 3 nitrogen and oxygen atoms in total. The maximum Gasteiger partial charge on any atom is 0.336 e. The lowest BCUT2D eigenvalue weighted by atomic mass is 10.0. The van der Waals surface area contributed by atoms with Crippen LogP contribution >= 0.6 is 0 Å². The van der Waals surface area contributed by atoms with Crippen molar-refractivity contribution in [1.29, 1.82) is 0 Å². The smallest absolute Gasteiger partial charge is 0.336 e. The molecule has 0 N–H and O–H groups in total. The zero-order valence-corrected chi connectivity index (χ0v) is 11.1. The average molecular weight is 266 g/mol. The SMILES string of the molecule is CCOc1ccc(-c2cc(=O)oc3ccccc23)cc1. The molecule has 0 fully saturated rings. The van der Waals surface area contributed by atoms with E-state index in [1.54, 1.807) is 6.07 Å². The summed E-state index contributed by atoms with van der Waals surface area (Å²) >= 11 is 0. The molecule has 0 atom stereocenters. The number of fused-ring (bicyclic) bond motifs is 1. The zero-order chi connectivity index (χ0) is 13.9. The van der Waals surface area contributed by atoms with E-state index in [2.05, 4.69) is 0 Å². The normalized spacial score (nSPS) is 10.7. The van der Waals surface area contributed by atoms with Crippen LogP contribution in [-0.2, 0) is 0 Å². The zero-order valence-electron chi connectivity index (χ0n) is 11.1. The van der Waals surface area contributed by atoms with Crippen LogP contribution in [0.2, 0.25) is 0 Å². The third-order valence-corrected chi connectivity index (χ3v) is 3.13. The summed E-state index contributed by atoms with van der Waals surface area (Å²) in [6.45, 7) is 2.58. The third-order valence-electron chi connectivity index (χ3n) is 3.13. The summed E-state index contributed by atoms with van der Waals surface area (Å²) < 4.78 is 10.6. The Labute approximate surface area is 116 Å². The van der Waals surface area contributed by atoms with Gasteiger partial charge in [0, 0.05) is 11.5 Å². The molecule has 0 aliphatic rings. The number of ether oxygens (including phenoxy) is 1. The van der Waals surface area contributed by atoms with E-state index < -0.39 is 0 Å². The molecule has 3 heteroatoms. The molecule has 0 radical (unpaired) electrons. The van der Waals surface area contributed by atoms with E-state index >= 15 is 0 Å². The van der Waals surface area contributed by atoms with Gasteiger partial charge < -0.3 is 9.15 Å². The molecule has 0 spiro atoms. The minimum absolute atomic E-state index is 0.340. The van der Waals surface area contributed by atoms with Crippen molar-refractivity contribution in [3.8, 4) is 16.9 Å². The minimum atomic E-state index is -0.340. The molecule has 100 valence electrons. The third kappa shape index (κ3) is 2.30. The highest BCUT2D eigenvalue weighted by atomic mass is 16.5. The van der Waals surface area contributed by atoms with Crippen molar-refractivity contribution in [2.75, 3.05) is 6.61 Å². The van der Waals surface area contributed by atoms with E-state index in [1.807, 2.05) is 49.4 Å². The molecule has 20 heavy (non-hydrogen) atoms. The first kappa shape index (κ1) is 12.5. The molecule has 0 bridgehead atoms.